The van der Waals surface area contributed by atoms with Crippen LogP contribution in [0.25, 0.3) is 0 Å². The van der Waals surface area contributed by atoms with E-state index in [2.05, 4.69) is 25.7 Å². The van der Waals surface area contributed by atoms with Gasteiger partial charge in [-0.1, -0.05) is 27.2 Å². The second-order valence-corrected chi connectivity index (χ2v) is 6.16. The zero-order chi connectivity index (χ0) is 14.3. The molecule has 1 atom stereocenters. The van der Waals surface area contributed by atoms with Crippen LogP contribution in [0.2, 0.25) is 0 Å². The number of amides is 1. The SMILES string of the molecule is CCCC(N)CC(=O)N1CCN(CCC(C)C)CC1. The monoisotopic (exact) mass is 269 g/mol. The third-order valence-corrected chi connectivity index (χ3v) is 3.84. The molecule has 0 aliphatic carbocycles. The lowest BCUT2D eigenvalue weighted by molar-refractivity contribution is -0.133. The standard InChI is InChI=1S/C15H31N3O/c1-4-5-14(16)12-15(19)18-10-8-17(9-11-18)7-6-13(2)3/h13-14H,4-12,16H2,1-3H3. The van der Waals surface area contributed by atoms with E-state index in [1.807, 2.05) is 4.90 Å². The van der Waals surface area contributed by atoms with E-state index in [-0.39, 0.29) is 11.9 Å². The van der Waals surface area contributed by atoms with Gasteiger partial charge in [-0.15, -0.1) is 0 Å². The summed E-state index contributed by atoms with van der Waals surface area (Å²) in [6.45, 7) is 11.6. The number of hydrogen-bond donors (Lipinski definition) is 1. The van der Waals surface area contributed by atoms with Gasteiger partial charge in [0.1, 0.15) is 0 Å². The van der Waals surface area contributed by atoms with Crippen LogP contribution in [0.1, 0.15) is 46.5 Å². The number of piperazine rings is 1. The van der Waals surface area contributed by atoms with E-state index < -0.39 is 0 Å². The fraction of sp³-hybridized carbons (Fsp3) is 0.933. The second kappa shape index (κ2) is 8.54. The minimum Gasteiger partial charge on any atom is -0.340 e. The summed E-state index contributed by atoms with van der Waals surface area (Å²) in [4.78, 5) is 16.5. The minimum atomic E-state index is 0.0384. The van der Waals surface area contributed by atoms with Crippen LogP contribution in [-0.4, -0.2) is 54.5 Å². The number of hydrogen-bond acceptors (Lipinski definition) is 3. The molecular weight excluding hydrogens is 238 g/mol. The molecule has 1 amide bonds. The normalized spacial score (nSPS) is 18.9. The van der Waals surface area contributed by atoms with Crippen LogP contribution in [0.15, 0.2) is 0 Å². The van der Waals surface area contributed by atoms with Crippen molar-refractivity contribution >= 4 is 5.91 Å². The van der Waals surface area contributed by atoms with Gasteiger partial charge >= 0.3 is 0 Å². The fourth-order valence-electron chi connectivity index (χ4n) is 2.49. The molecule has 19 heavy (non-hydrogen) atoms. The largest absolute Gasteiger partial charge is 0.340 e. The lowest BCUT2D eigenvalue weighted by Gasteiger charge is -2.35. The summed E-state index contributed by atoms with van der Waals surface area (Å²) in [6, 6.07) is 0.0384. The second-order valence-electron chi connectivity index (χ2n) is 6.16. The Bertz CT molecular complexity index is 260. The zero-order valence-corrected chi connectivity index (χ0v) is 12.9. The van der Waals surface area contributed by atoms with E-state index in [0.717, 1.165) is 51.5 Å². The summed E-state index contributed by atoms with van der Waals surface area (Å²) < 4.78 is 0. The molecular formula is C15H31N3O. The Morgan fingerprint density at radius 1 is 1.16 bits per heavy atom. The van der Waals surface area contributed by atoms with E-state index in [4.69, 9.17) is 5.73 Å². The molecule has 1 unspecified atom stereocenters. The molecule has 0 saturated carbocycles. The topological polar surface area (TPSA) is 49.6 Å². The maximum Gasteiger partial charge on any atom is 0.224 e. The van der Waals surface area contributed by atoms with Gasteiger partial charge in [0.15, 0.2) is 0 Å². The number of nitrogens with zero attached hydrogens (tertiary/aromatic N) is 2. The molecule has 0 bridgehead atoms. The predicted octanol–water partition coefficient (Wildman–Crippen LogP) is 1.69. The van der Waals surface area contributed by atoms with E-state index in [1.165, 1.54) is 6.42 Å². The third kappa shape index (κ3) is 6.39. The molecule has 1 heterocycles. The van der Waals surface area contributed by atoms with Gasteiger partial charge in [-0.3, -0.25) is 9.69 Å². The summed E-state index contributed by atoms with van der Waals surface area (Å²) in [5, 5.41) is 0. The van der Waals surface area contributed by atoms with Crippen molar-refractivity contribution in [1.29, 1.82) is 0 Å². The molecule has 0 aromatic rings. The molecule has 1 aliphatic heterocycles. The van der Waals surface area contributed by atoms with Crippen LogP contribution in [0.3, 0.4) is 0 Å². The van der Waals surface area contributed by atoms with Crippen molar-refractivity contribution in [2.24, 2.45) is 11.7 Å². The van der Waals surface area contributed by atoms with Gasteiger partial charge < -0.3 is 10.6 Å². The fourth-order valence-corrected chi connectivity index (χ4v) is 2.49. The van der Waals surface area contributed by atoms with Crippen LogP contribution < -0.4 is 5.73 Å². The van der Waals surface area contributed by atoms with E-state index in [1.54, 1.807) is 0 Å². The molecule has 4 heteroatoms. The molecule has 0 radical (unpaired) electrons. The Kier molecular flexibility index (Phi) is 7.39. The van der Waals surface area contributed by atoms with Crippen LogP contribution >= 0.6 is 0 Å². The highest BCUT2D eigenvalue weighted by molar-refractivity contribution is 5.76. The third-order valence-electron chi connectivity index (χ3n) is 3.84. The van der Waals surface area contributed by atoms with Crippen molar-refractivity contribution in [3.63, 3.8) is 0 Å². The number of nitrogens with two attached hydrogens (primary N) is 1. The molecule has 0 aromatic carbocycles. The van der Waals surface area contributed by atoms with Crippen molar-refractivity contribution < 1.29 is 4.79 Å². The van der Waals surface area contributed by atoms with Crippen LogP contribution in [0.4, 0.5) is 0 Å². The van der Waals surface area contributed by atoms with Crippen LogP contribution in [-0.2, 0) is 4.79 Å². The highest BCUT2D eigenvalue weighted by Crippen LogP contribution is 2.09. The van der Waals surface area contributed by atoms with Crippen LogP contribution in [0, 0.1) is 5.92 Å². The summed E-state index contributed by atoms with van der Waals surface area (Å²) >= 11 is 0. The first kappa shape index (κ1) is 16.4. The average Bonchev–Trinajstić information content (AvgIpc) is 2.37. The quantitative estimate of drug-likeness (QED) is 0.765. The average molecular weight is 269 g/mol. The van der Waals surface area contributed by atoms with Crippen LogP contribution in [0.5, 0.6) is 0 Å². The first-order chi connectivity index (χ1) is 9.02. The molecule has 1 saturated heterocycles. The van der Waals surface area contributed by atoms with Gasteiger partial charge in [0.05, 0.1) is 0 Å². The molecule has 0 aromatic heterocycles. The Balaban J connectivity index is 2.23. The van der Waals surface area contributed by atoms with Crippen molar-refractivity contribution in [2.45, 2.75) is 52.5 Å². The Morgan fingerprint density at radius 3 is 2.32 bits per heavy atom. The van der Waals surface area contributed by atoms with Crippen molar-refractivity contribution in [3.05, 3.63) is 0 Å². The predicted molar refractivity (Wildman–Crippen MR) is 80.0 cm³/mol. The van der Waals surface area contributed by atoms with Crippen molar-refractivity contribution in [3.8, 4) is 0 Å². The van der Waals surface area contributed by atoms with Crippen molar-refractivity contribution in [1.82, 2.24) is 9.80 Å². The van der Waals surface area contributed by atoms with E-state index in [0.29, 0.717) is 6.42 Å². The highest BCUT2D eigenvalue weighted by atomic mass is 16.2. The smallest absolute Gasteiger partial charge is 0.224 e. The lowest BCUT2D eigenvalue weighted by Crippen LogP contribution is -2.49. The van der Waals surface area contributed by atoms with E-state index >= 15 is 0 Å². The summed E-state index contributed by atoms with van der Waals surface area (Å²) in [5.41, 5.74) is 5.94. The summed E-state index contributed by atoms with van der Waals surface area (Å²) in [5.74, 6) is 0.996. The highest BCUT2D eigenvalue weighted by Gasteiger charge is 2.22. The van der Waals surface area contributed by atoms with Gasteiger partial charge in [0, 0.05) is 38.6 Å². The Labute approximate surface area is 118 Å². The molecule has 112 valence electrons. The molecule has 1 rings (SSSR count). The number of carbonyl (C=O) groups excluding carboxylic acids is 1. The summed E-state index contributed by atoms with van der Waals surface area (Å²) in [6.07, 6.45) is 3.76. The summed E-state index contributed by atoms with van der Waals surface area (Å²) in [7, 11) is 0. The molecule has 4 nitrogen and oxygen atoms in total. The van der Waals surface area contributed by atoms with E-state index in [9.17, 15) is 4.79 Å². The lowest BCUT2D eigenvalue weighted by atomic mass is 10.1. The molecule has 2 N–H and O–H groups in total. The Morgan fingerprint density at radius 2 is 1.79 bits per heavy atom. The maximum absolute atomic E-state index is 12.1. The van der Waals surface area contributed by atoms with Gasteiger partial charge in [0.2, 0.25) is 5.91 Å². The minimum absolute atomic E-state index is 0.0384. The van der Waals surface area contributed by atoms with Crippen molar-refractivity contribution in [2.75, 3.05) is 32.7 Å². The molecule has 1 aliphatic rings. The Hall–Kier alpha value is -0.610. The zero-order valence-electron chi connectivity index (χ0n) is 12.9. The van der Waals surface area contributed by atoms with Gasteiger partial charge in [-0.25, -0.2) is 0 Å². The number of carbonyl (C=O) groups is 1. The van der Waals surface area contributed by atoms with Gasteiger partial charge in [-0.2, -0.15) is 0 Å². The molecule has 0 spiro atoms. The first-order valence-corrected chi connectivity index (χ1v) is 7.78. The van der Waals surface area contributed by atoms with Gasteiger partial charge in [-0.05, 0) is 25.3 Å². The first-order valence-electron chi connectivity index (χ1n) is 7.78. The molecule has 1 fully saturated rings. The maximum atomic E-state index is 12.1. The van der Waals surface area contributed by atoms with Gasteiger partial charge in [0.25, 0.3) is 0 Å². The number of rotatable bonds is 7.